The molecule has 4 nitrogen and oxygen atoms in total. The molecule has 2 aromatic rings. The maximum Gasteiger partial charge on any atom is -1.00 e. The molecule has 0 bridgehead atoms. The summed E-state index contributed by atoms with van der Waals surface area (Å²) >= 11 is 1.10. The fourth-order valence-corrected chi connectivity index (χ4v) is 6.48. The van der Waals surface area contributed by atoms with Gasteiger partial charge in [0.05, 0.1) is 0 Å². The molecule has 1 aliphatic carbocycles. The van der Waals surface area contributed by atoms with Crippen molar-refractivity contribution in [1.29, 1.82) is 0 Å². The first kappa shape index (κ1) is 27.2. The zero-order chi connectivity index (χ0) is 24.0. The van der Waals surface area contributed by atoms with Crippen molar-refractivity contribution in [2.75, 3.05) is 0 Å². The van der Waals surface area contributed by atoms with Crippen molar-refractivity contribution < 1.29 is 56.6 Å². The van der Waals surface area contributed by atoms with Crippen LogP contribution in [-0.2, 0) is 26.0 Å². The van der Waals surface area contributed by atoms with Gasteiger partial charge in [-0.2, -0.15) is 0 Å². The van der Waals surface area contributed by atoms with Crippen molar-refractivity contribution in [3.63, 3.8) is 0 Å². The molecule has 2 atom stereocenters. The Bertz CT molecular complexity index is 1020. The third kappa shape index (κ3) is 5.54. The predicted octanol–water partition coefficient (Wildman–Crippen LogP) is 2.50. The minimum atomic E-state index is -0.112. The van der Waals surface area contributed by atoms with Crippen molar-refractivity contribution in [3.8, 4) is 11.5 Å². The molecule has 0 unspecified atom stereocenters. The SMILES string of the molecule is CC(C)(C)c1cccc(C=[N+]2[Co][N+](=Cc3cccc(C(C)(C)C)c3O)[C@@H]3CCCC[C@H]32)c1O.[I-]. The van der Waals surface area contributed by atoms with E-state index in [2.05, 4.69) is 61.2 Å². The van der Waals surface area contributed by atoms with E-state index in [1.807, 2.05) is 36.4 Å². The second kappa shape index (κ2) is 10.3. The van der Waals surface area contributed by atoms with E-state index in [4.69, 9.17) is 0 Å². The van der Waals surface area contributed by atoms with Gasteiger partial charge in [-0.25, -0.2) is 0 Å². The molecule has 187 valence electrons. The van der Waals surface area contributed by atoms with Crippen LogP contribution < -0.4 is 24.0 Å². The number of para-hydroxylation sites is 2. The molecule has 0 aromatic heterocycles. The summed E-state index contributed by atoms with van der Waals surface area (Å²) in [4.78, 5) is 0. The fraction of sp³-hybridized carbons (Fsp3) is 0.500. The Labute approximate surface area is 228 Å². The van der Waals surface area contributed by atoms with Gasteiger partial charge >= 0.3 is 205 Å². The quantitative estimate of drug-likeness (QED) is 0.508. The summed E-state index contributed by atoms with van der Waals surface area (Å²) in [5.74, 6) is 0.759. The molecule has 1 saturated heterocycles. The van der Waals surface area contributed by atoms with Crippen LogP contribution in [0, 0.1) is 0 Å². The standard InChI is InChI=1S/C28H38N2O2.Co.HI/c1-27(2,3)21-13-9-11-19(25(21)31)17-29-23-15-7-8-16-24(23)30-18-20-12-10-14-22(26(20)32)28(4,5)6;;/h9-14,17-18,23-24,31-32H,7-8,15-16H2,1-6H3;;1H/q;+2;/p-1/t23-,24-;;/m1../s1. The first-order valence-electron chi connectivity index (χ1n) is 12.0. The molecule has 1 saturated carbocycles. The summed E-state index contributed by atoms with van der Waals surface area (Å²) < 4.78 is 4.73. The van der Waals surface area contributed by atoms with Crippen molar-refractivity contribution in [2.24, 2.45) is 0 Å². The van der Waals surface area contributed by atoms with Crippen molar-refractivity contribution in [3.05, 3.63) is 58.7 Å². The Morgan fingerprint density at radius 2 is 1.12 bits per heavy atom. The van der Waals surface area contributed by atoms with Gasteiger partial charge in [-0.15, -0.1) is 0 Å². The molecule has 0 spiro atoms. The topological polar surface area (TPSA) is 46.5 Å². The van der Waals surface area contributed by atoms with E-state index in [1.54, 1.807) is 0 Å². The van der Waals surface area contributed by atoms with E-state index in [-0.39, 0.29) is 34.8 Å². The van der Waals surface area contributed by atoms with Gasteiger partial charge in [-0.05, 0) is 0 Å². The fourth-order valence-electron chi connectivity index (χ4n) is 4.85. The molecule has 1 heterocycles. The second-order valence-electron chi connectivity index (χ2n) is 11.4. The van der Waals surface area contributed by atoms with Gasteiger partial charge in [0.15, 0.2) is 0 Å². The van der Waals surface area contributed by atoms with Crippen LogP contribution in [0.4, 0.5) is 0 Å². The molecule has 4 rings (SSSR count). The number of benzene rings is 2. The van der Waals surface area contributed by atoms with Crippen LogP contribution in [0.3, 0.4) is 0 Å². The minimum Gasteiger partial charge on any atom is -1.00 e. The largest absolute Gasteiger partial charge is 1.00 e. The molecule has 2 fully saturated rings. The Morgan fingerprint density at radius 1 is 0.735 bits per heavy atom. The monoisotopic (exact) mass is 620 g/mol. The van der Waals surface area contributed by atoms with Gasteiger partial charge in [0.1, 0.15) is 0 Å². The van der Waals surface area contributed by atoms with Gasteiger partial charge in [0, 0.05) is 0 Å². The predicted molar refractivity (Wildman–Crippen MR) is 131 cm³/mol. The number of halogens is 1. The number of nitrogens with zero attached hydrogens (tertiary/aromatic N) is 2. The van der Waals surface area contributed by atoms with Crippen molar-refractivity contribution in [1.82, 2.24) is 0 Å². The van der Waals surface area contributed by atoms with Crippen LogP contribution in [0.2, 0.25) is 0 Å². The molecule has 0 radical (unpaired) electrons. The zero-order valence-corrected chi connectivity index (χ0v) is 24.3. The van der Waals surface area contributed by atoms with Crippen molar-refractivity contribution in [2.45, 2.75) is 90.1 Å². The van der Waals surface area contributed by atoms with E-state index in [0.29, 0.717) is 23.6 Å². The summed E-state index contributed by atoms with van der Waals surface area (Å²) in [5, 5.41) is 22.0. The summed E-state index contributed by atoms with van der Waals surface area (Å²) in [6, 6.07) is 12.9. The van der Waals surface area contributed by atoms with Crippen molar-refractivity contribution >= 4 is 12.4 Å². The number of hydrogen-bond acceptors (Lipinski definition) is 2. The summed E-state index contributed by atoms with van der Waals surface area (Å²) in [6.45, 7) is 12.8. The number of phenolic OH excluding ortho intramolecular Hbond substituents is 2. The second-order valence-corrected chi connectivity index (χ2v) is 12.7. The summed E-state index contributed by atoms with van der Waals surface area (Å²) in [6.07, 6.45) is 9.01. The average molecular weight is 620 g/mol. The molecule has 34 heavy (non-hydrogen) atoms. The number of hydrogen-bond donors (Lipinski definition) is 2. The van der Waals surface area contributed by atoms with Gasteiger partial charge < -0.3 is 24.0 Å². The van der Waals surface area contributed by atoms with Crippen LogP contribution in [0.5, 0.6) is 11.5 Å². The van der Waals surface area contributed by atoms with Crippen LogP contribution in [-0.4, -0.2) is 42.0 Å². The van der Waals surface area contributed by atoms with E-state index in [0.717, 1.165) is 50.2 Å². The summed E-state index contributed by atoms with van der Waals surface area (Å²) in [7, 11) is 0. The average Bonchev–Trinajstić information content (AvgIpc) is 3.07. The third-order valence-corrected chi connectivity index (χ3v) is 8.16. The van der Waals surface area contributed by atoms with Crippen LogP contribution in [0.25, 0.3) is 0 Å². The first-order valence-corrected chi connectivity index (χ1v) is 12.9. The van der Waals surface area contributed by atoms with Gasteiger partial charge in [0.2, 0.25) is 0 Å². The maximum atomic E-state index is 11.0. The Kier molecular flexibility index (Phi) is 8.25. The Morgan fingerprint density at radius 3 is 1.47 bits per heavy atom. The molecule has 2 N–H and O–H groups in total. The summed E-state index contributed by atoms with van der Waals surface area (Å²) in [5.41, 5.74) is 3.46. The molecule has 6 heteroatoms. The van der Waals surface area contributed by atoms with Crippen LogP contribution in [0.1, 0.15) is 89.5 Å². The van der Waals surface area contributed by atoms with E-state index >= 15 is 0 Å². The first-order chi connectivity index (χ1) is 15.5. The number of fused-ring (bicyclic) bond motifs is 1. The zero-order valence-electron chi connectivity index (χ0n) is 21.1. The number of aromatic hydroxyl groups is 2. The Balaban J connectivity index is 0.00000324. The van der Waals surface area contributed by atoms with Gasteiger partial charge in [-0.1, -0.05) is 0 Å². The van der Waals surface area contributed by atoms with Crippen LogP contribution >= 0.6 is 0 Å². The normalized spacial score (nSPS) is 23.4. The molecule has 2 aliphatic rings. The van der Waals surface area contributed by atoms with E-state index in [9.17, 15) is 10.2 Å². The van der Waals surface area contributed by atoms with Crippen LogP contribution in [0.15, 0.2) is 36.4 Å². The Hall–Kier alpha value is -1.38. The molecule has 1 aliphatic heterocycles. The molecule has 2 aromatic carbocycles. The molecule has 0 amide bonds. The molecular weight excluding hydrogens is 582 g/mol. The van der Waals surface area contributed by atoms with Gasteiger partial charge in [-0.3, -0.25) is 0 Å². The molecular formula is C28H38CoIN2O2+. The van der Waals surface area contributed by atoms with E-state index in [1.165, 1.54) is 12.8 Å². The smallest absolute Gasteiger partial charge is 1.00 e. The number of phenols is 2. The van der Waals surface area contributed by atoms with E-state index < -0.39 is 0 Å². The third-order valence-electron chi connectivity index (χ3n) is 6.72. The minimum absolute atomic E-state index is 0. The maximum absolute atomic E-state index is 11.0. The van der Waals surface area contributed by atoms with Gasteiger partial charge in [0.25, 0.3) is 0 Å². The number of rotatable bonds is 2.